The highest BCUT2D eigenvalue weighted by molar-refractivity contribution is 5.78. The first-order valence-electron chi connectivity index (χ1n) is 6.46. The third-order valence-corrected chi connectivity index (χ3v) is 3.70. The van der Waals surface area contributed by atoms with Crippen molar-refractivity contribution in [2.24, 2.45) is 5.92 Å². The number of carbonyl (C=O) groups is 1. The Morgan fingerprint density at radius 1 is 1.35 bits per heavy atom. The van der Waals surface area contributed by atoms with Gasteiger partial charge in [0.2, 0.25) is 5.91 Å². The van der Waals surface area contributed by atoms with Crippen molar-refractivity contribution in [2.75, 3.05) is 0 Å². The van der Waals surface area contributed by atoms with E-state index in [0.717, 1.165) is 29.8 Å². The number of carbonyl (C=O) groups excluding carboxylic acids is 1. The molecule has 1 amide bonds. The number of aromatic amines is 1. The number of amides is 1. The maximum absolute atomic E-state index is 12.0. The molecule has 2 N–H and O–H groups in total. The molecule has 0 unspecified atom stereocenters. The first-order chi connectivity index (χ1) is 8.18. The fourth-order valence-corrected chi connectivity index (χ4v) is 2.52. The van der Waals surface area contributed by atoms with E-state index in [-0.39, 0.29) is 11.8 Å². The van der Waals surface area contributed by atoms with Crippen molar-refractivity contribution >= 4 is 5.91 Å². The summed E-state index contributed by atoms with van der Waals surface area (Å²) in [5.74, 6) is 0.445. The van der Waals surface area contributed by atoms with Crippen LogP contribution in [0.5, 0.6) is 0 Å². The molecular weight excluding hydrogens is 214 g/mol. The standard InChI is InChI=1S/C13H21N3O/c1-9-12(10(2)16-15-9)8-14-13(17)11-6-4-3-5-7-11/h11H,3-8H2,1-2H3,(H,14,17)(H,15,16). The van der Waals surface area contributed by atoms with Crippen molar-refractivity contribution in [2.45, 2.75) is 52.5 Å². The third kappa shape index (κ3) is 2.87. The lowest BCUT2D eigenvalue weighted by atomic mass is 9.88. The first-order valence-corrected chi connectivity index (χ1v) is 6.46. The molecule has 1 aliphatic rings. The lowest BCUT2D eigenvalue weighted by molar-refractivity contribution is -0.126. The predicted molar refractivity (Wildman–Crippen MR) is 66.5 cm³/mol. The third-order valence-electron chi connectivity index (χ3n) is 3.70. The topological polar surface area (TPSA) is 57.8 Å². The van der Waals surface area contributed by atoms with Gasteiger partial charge in [-0.25, -0.2) is 0 Å². The van der Waals surface area contributed by atoms with Crippen LogP contribution in [0, 0.1) is 19.8 Å². The SMILES string of the molecule is Cc1n[nH]c(C)c1CNC(=O)C1CCCCC1. The van der Waals surface area contributed by atoms with E-state index in [1.54, 1.807) is 0 Å². The lowest BCUT2D eigenvalue weighted by Gasteiger charge is -2.20. The molecule has 4 heteroatoms. The molecule has 1 saturated carbocycles. The molecule has 0 spiro atoms. The normalized spacial score (nSPS) is 17.1. The molecule has 0 atom stereocenters. The average molecular weight is 235 g/mol. The Balaban J connectivity index is 1.87. The van der Waals surface area contributed by atoms with Crippen molar-refractivity contribution in [1.82, 2.24) is 15.5 Å². The fraction of sp³-hybridized carbons (Fsp3) is 0.692. The Hall–Kier alpha value is -1.32. The van der Waals surface area contributed by atoms with Gasteiger partial charge in [-0.3, -0.25) is 9.89 Å². The van der Waals surface area contributed by atoms with E-state index in [0.29, 0.717) is 6.54 Å². The molecule has 0 saturated heterocycles. The number of hydrogen-bond acceptors (Lipinski definition) is 2. The lowest BCUT2D eigenvalue weighted by Crippen LogP contribution is -2.31. The molecule has 1 aliphatic carbocycles. The fourth-order valence-electron chi connectivity index (χ4n) is 2.52. The van der Waals surface area contributed by atoms with Crippen molar-refractivity contribution in [3.05, 3.63) is 17.0 Å². The zero-order chi connectivity index (χ0) is 12.3. The van der Waals surface area contributed by atoms with E-state index in [9.17, 15) is 4.79 Å². The van der Waals surface area contributed by atoms with E-state index in [2.05, 4.69) is 15.5 Å². The van der Waals surface area contributed by atoms with Crippen LogP contribution in [-0.2, 0) is 11.3 Å². The van der Waals surface area contributed by atoms with Gasteiger partial charge in [-0.15, -0.1) is 0 Å². The highest BCUT2D eigenvalue weighted by Gasteiger charge is 2.21. The van der Waals surface area contributed by atoms with Gasteiger partial charge in [0.25, 0.3) is 0 Å². The summed E-state index contributed by atoms with van der Waals surface area (Å²) >= 11 is 0. The molecule has 0 aromatic carbocycles. The molecule has 1 aromatic heterocycles. The Labute approximate surface area is 102 Å². The van der Waals surface area contributed by atoms with Crippen molar-refractivity contribution in [3.8, 4) is 0 Å². The Morgan fingerprint density at radius 3 is 2.65 bits per heavy atom. The van der Waals surface area contributed by atoms with Crippen LogP contribution in [0.25, 0.3) is 0 Å². The highest BCUT2D eigenvalue weighted by Crippen LogP contribution is 2.23. The first kappa shape index (κ1) is 12.1. The van der Waals surface area contributed by atoms with Crippen LogP contribution in [0.2, 0.25) is 0 Å². The van der Waals surface area contributed by atoms with E-state index in [4.69, 9.17) is 0 Å². The zero-order valence-electron chi connectivity index (χ0n) is 10.7. The summed E-state index contributed by atoms with van der Waals surface area (Å²) in [7, 11) is 0. The zero-order valence-corrected chi connectivity index (χ0v) is 10.7. The molecule has 1 fully saturated rings. The Bertz CT molecular complexity index is 372. The smallest absolute Gasteiger partial charge is 0.223 e. The number of H-pyrrole nitrogens is 1. The van der Waals surface area contributed by atoms with Crippen molar-refractivity contribution < 1.29 is 4.79 Å². The number of nitrogens with one attached hydrogen (secondary N) is 2. The molecule has 94 valence electrons. The van der Waals surface area contributed by atoms with E-state index in [1.165, 1.54) is 19.3 Å². The largest absolute Gasteiger partial charge is 0.352 e. The van der Waals surface area contributed by atoms with Crippen LogP contribution in [0.4, 0.5) is 0 Å². The number of aryl methyl sites for hydroxylation is 2. The summed E-state index contributed by atoms with van der Waals surface area (Å²) in [5.41, 5.74) is 3.15. The van der Waals surface area contributed by atoms with Gasteiger partial charge in [0, 0.05) is 23.7 Å². The minimum absolute atomic E-state index is 0.213. The summed E-state index contributed by atoms with van der Waals surface area (Å²) in [6.07, 6.45) is 5.78. The predicted octanol–water partition coefficient (Wildman–Crippen LogP) is 2.22. The van der Waals surface area contributed by atoms with Gasteiger partial charge in [-0.2, -0.15) is 5.10 Å². The molecule has 17 heavy (non-hydrogen) atoms. The molecule has 0 bridgehead atoms. The molecule has 0 radical (unpaired) electrons. The van der Waals surface area contributed by atoms with Gasteiger partial charge < -0.3 is 5.32 Å². The van der Waals surface area contributed by atoms with Crippen LogP contribution >= 0.6 is 0 Å². The van der Waals surface area contributed by atoms with Crippen molar-refractivity contribution in [3.63, 3.8) is 0 Å². The van der Waals surface area contributed by atoms with Crippen LogP contribution in [-0.4, -0.2) is 16.1 Å². The molecule has 4 nitrogen and oxygen atoms in total. The second-order valence-electron chi connectivity index (χ2n) is 4.97. The van der Waals surface area contributed by atoms with Crippen LogP contribution < -0.4 is 5.32 Å². The maximum Gasteiger partial charge on any atom is 0.223 e. The van der Waals surface area contributed by atoms with Gasteiger partial charge in [0.1, 0.15) is 0 Å². The Kier molecular flexibility index (Phi) is 3.82. The molecule has 2 rings (SSSR count). The van der Waals surface area contributed by atoms with Gasteiger partial charge in [-0.1, -0.05) is 19.3 Å². The molecule has 1 aromatic rings. The van der Waals surface area contributed by atoms with Gasteiger partial charge in [-0.05, 0) is 26.7 Å². The maximum atomic E-state index is 12.0. The van der Waals surface area contributed by atoms with Gasteiger partial charge in [0.05, 0.1) is 5.69 Å². The number of rotatable bonds is 3. The summed E-state index contributed by atoms with van der Waals surface area (Å²) in [4.78, 5) is 12.0. The Morgan fingerprint density at radius 2 is 2.06 bits per heavy atom. The van der Waals surface area contributed by atoms with Crippen LogP contribution in [0.3, 0.4) is 0 Å². The molecule has 1 heterocycles. The summed E-state index contributed by atoms with van der Waals surface area (Å²) in [6, 6.07) is 0. The summed E-state index contributed by atoms with van der Waals surface area (Å²) in [5, 5.41) is 10.1. The molecular formula is C13H21N3O. The summed E-state index contributed by atoms with van der Waals surface area (Å²) in [6.45, 7) is 4.55. The molecule has 0 aliphatic heterocycles. The highest BCUT2D eigenvalue weighted by atomic mass is 16.1. The van der Waals surface area contributed by atoms with E-state index < -0.39 is 0 Å². The van der Waals surface area contributed by atoms with Gasteiger partial charge in [0.15, 0.2) is 0 Å². The minimum Gasteiger partial charge on any atom is -0.352 e. The average Bonchev–Trinajstić information content (AvgIpc) is 2.67. The number of nitrogens with zero attached hydrogens (tertiary/aromatic N) is 1. The van der Waals surface area contributed by atoms with Crippen molar-refractivity contribution in [1.29, 1.82) is 0 Å². The second-order valence-corrected chi connectivity index (χ2v) is 4.97. The van der Waals surface area contributed by atoms with Crippen LogP contribution in [0.15, 0.2) is 0 Å². The van der Waals surface area contributed by atoms with Crippen LogP contribution in [0.1, 0.15) is 49.1 Å². The monoisotopic (exact) mass is 235 g/mol. The number of hydrogen-bond donors (Lipinski definition) is 2. The van der Waals surface area contributed by atoms with E-state index in [1.807, 2.05) is 13.8 Å². The minimum atomic E-state index is 0.213. The van der Waals surface area contributed by atoms with E-state index >= 15 is 0 Å². The quantitative estimate of drug-likeness (QED) is 0.844. The van der Waals surface area contributed by atoms with Gasteiger partial charge >= 0.3 is 0 Å². The second kappa shape index (κ2) is 5.34. The summed E-state index contributed by atoms with van der Waals surface area (Å²) < 4.78 is 0. The number of aromatic nitrogens is 2.